The Bertz CT molecular complexity index is 1600. The Morgan fingerprint density at radius 2 is 1.58 bits per heavy atom. The summed E-state index contributed by atoms with van der Waals surface area (Å²) in [4.78, 5) is 29.9. The first kappa shape index (κ1) is 32.9. The number of halogens is 2. The number of benzene rings is 3. The van der Waals surface area contributed by atoms with Gasteiger partial charge in [0.2, 0.25) is 21.8 Å². The van der Waals surface area contributed by atoms with Crippen molar-refractivity contribution in [2.45, 2.75) is 57.2 Å². The van der Waals surface area contributed by atoms with E-state index in [0.29, 0.717) is 40.3 Å². The minimum Gasteiger partial charge on any atom is -0.486 e. The predicted molar refractivity (Wildman–Crippen MR) is 176 cm³/mol. The van der Waals surface area contributed by atoms with Gasteiger partial charge in [0.25, 0.3) is 0 Å². The van der Waals surface area contributed by atoms with E-state index in [1.807, 2.05) is 30.3 Å². The van der Waals surface area contributed by atoms with Crippen molar-refractivity contribution in [3.63, 3.8) is 0 Å². The summed E-state index contributed by atoms with van der Waals surface area (Å²) in [5, 5.41) is 3.84. The maximum Gasteiger partial charge on any atom is 0.244 e. The normalized spacial score (nSPS) is 15.6. The maximum atomic E-state index is 14.4. The maximum absolute atomic E-state index is 14.4. The second-order valence-electron chi connectivity index (χ2n) is 11.4. The lowest BCUT2D eigenvalue weighted by molar-refractivity contribution is -0.140. The van der Waals surface area contributed by atoms with E-state index in [2.05, 4.69) is 5.32 Å². The molecule has 3 aromatic rings. The van der Waals surface area contributed by atoms with Crippen molar-refractivity contribution in [3.05, 3.63) is 87.9 Å². The SMILES string of the molecule is CS(=O)(=O)N(CC(=O)N(Cc1c(Cl)cccc1Cl)[C@H](Cc1ccccc1)C(=O)NC1CCCCC1)c1ccc2c(c1)OCCO2. The van der Waals surface area contributed by atoms with Gasteiger partial charge in [0.05, 0.1) is 11.9 Å². The fourth-order valence-electron chi connectivity index (χ4n) is 5.75. The summed E-state index contributed by atoms with van der Waals surface area (Å²) in [7, 11) is -3.95. The van der Waals surface area contributed by atoms with Crippen LogP contribution in [0, 0.1) is 0 Å². The number of anilines is 1. The third-order valence-electron chi connectivity index (χ3n) is 8.11. The molecule has 0 unspecified atom stereocenters. The third kappa shape index (κ3) is 8.42. The predicted octanol–water partition coefficient (Wildman–Crippen LogP) is 5.62. The molecule has 1 fully saturated rings. The molecule has 0 saturated heterocycles. The number of carbonyl (C=O) groups excluding carboxylic acids is 2. The van der Waals surface area contributed by atoms with Gasteiger partial charge in [0.1, 0.15) is 25.8 Å². The Hall–Kier alpha value is -3.47. The molecule has 45 heavy (non-hydrogen) atoms. The van der Waals surface area contributed by atoms with Crippen LogP contribution in [0.4, 0.5) is 5.69 Å². The number of sulfonamides is 1. The van der Waals surface area contributed by atoms with Gasteiger partial charge in [-0.05, 0) is 42.7 Å². The average Bonchev–Trinajstić information content (AvgIpc) is 3.03. The Labute approximate surface area is 274 Å². The molecular formula is C33H37Cl2N3O6S. The number of hydrogen-bond acceptors (Lipinski definition) is 6. The lowest BCUT2D eigenvalue weighted by atomic mass is 9.94. The molecule has 1 aliphatic heterocycles. The van der Waals surface area contributed by atoms with Gasteiger partial charge < -0.3 is 19.7 Å². The Balaban J connectivity index is 1.53. The van der Waals surface area contributed by atoms with Crippen LogP contribution in [-0.2, 0) is 32.6 Å². The van der Waals surface area contributed by atoms with Gasteiger partial charge in [0, 0.05) is 40.7 Å². The number of amides is 2. The molecule has 2 amide bonds. The van der Waals surface area contributed by atoms with E-state index in [4.69, 9.17) is 32.7 Å². The van der Waals surface area contributed by atoms with Gasteiger partial charge in [-0.3, -0.25) is 13.9 Å². The van der Waals surface area contributed by atoms with Gasteiger partial charge in [-0.2, -0.15) is 0 Å². The Morgan fingerprint density at radius 3 is 2.24 bits per heavy atom. The number of ether oxygens (including phenoxy) is 2. The first-order valence-electron chi connectivity index (χ1n) is 15.0. The van der Waals surface area contributed by atoms with Gasteiger partial charge in [-0.1, -0.05) is 78.9 Å². The minimum atomic E-state index is -3.95. The molecule has 1 aliphatic carbocycles. The zero-order valence-corrected chi connectivity index (χ0v) is 27.4. The van der Waals surface area contributed by atoms with E-state index < -0.39 is 28.5 Å². The average molecular weight is 675 g/mol. The molecule has 1 heterocycles. The first-order chi connectivity index (χ1) is 21.6. The van der Waals surface area contributed by atoms with Crippen LogP contribution >= 0.6 is 23.2 Å². The van der Waals surface area contributed by atoms with Crippen molar-refractivity contribution in [3.8, 4) is 11.5 Å². The van der Waals surface area contributed by atoms with Crippen LogP contribution in [0.3, 0.4) is 0 Å². The largest absolute Gasteiger partial charge is 0.486 e. The van der Waals surface area contributed by atoms with Crippen molar-refractivity contribution in [2.24, 2.45) is 0 Å². The molecule has 1 N–H and O–H groups in total. The van der Waals surface area contributed by atoms with Crippen molar-refractivity contribution in [1.82, 2.24) is 10.2 Å². The van der Waals surface area contributed by atoms with Crippen LogP contribution < -0.4 is 19.1 Å². The minimum absolute atomic E-state index is 0.00407. The molecule has 1 saturated carbocycles. The second-order valence-corrected chi connectivity index (χ2v) is 14.1. The van der Waals surface area contributed by atoms with E-state index in [1.54, 1.807) is 30.3 Å². The van der Waals surface area contributed by atoms with Crippen molar-refractivity contribution in [2.75, 3.05) is 30.3 Å². The topological polar surface area (TPSA) is 105 Å². The lowest BCUT2D eigenvalue weighted by Crippen LogP contribution is -2.55. The van der Waals surface area contributed by atoms with Crippen molar-refractivity contribution >= 4 is 50.7 Å². The highest BCUT2D eigenvalue weighted by Gasteiger charge is 2.35. The van der Waals surface area contributed by atoms with Crippen LogP contribution in [0.5, 0.6) is 11.5 Å². The van der Waals surface area contributed by atoms with Crippen LogP contribution in [0.25, 0.3) is 0 Å². The van der Waals surface area contributed by atoms with Crippen LogP contribution in [0.2, 0.25) is 10.0 Å². The monoisotopic (exact) mass is 673 g/mol. The zero-order chi connectivity index (χ0) is 32.0. The Morgan fingerprint density at radius 1 is 0.911 bits per heavy atom. The fraction of sp³-hybridized carbons (Fsp3) is 0.394. The van der Waals surface area contributed by atoms with E-state index in [1.165, 1.54) is 11.0 Å². The van der Waals surface area contributed by atoms with Gasteiger partial charge in [-0.15, -0.1) is 0 Å². The molecule has 0 spiro atoms. The quantitative estimate of drug-likeness (QED) is 0.283. The molecule has 1 atom stereocenters. The number of nitrogens with one attached hydrogen (secondary N) is 1. The van der Waals surface area contributed by atoms with Crippen LogP contribution in [0.15, 0.2) is 66.7 Å². The summed E-state index contributed by atoms with van der Waals surface area (Å²) in [5.74, 6) is -0.0333. The number of fused-ring (bicyclic) bond motifs is 1. The Kier molecular flexibility index (Phi) is 10.8. The smallest absolute Gasteiger partial charge is 0.244 e. The number of rotatable bonds is 11. The highest BCUT2D eigenvalue weighted by atomic mass is 35.5. The third-order valence-corrected chi connectivity index (χ3v) is 9.95. The summed E-state index contributed by atoms with van der Waals surface area (Å²) in [6.45, 7) is 0.0258. The molecule has 0 bridgehead atoms. The zero-order valence-electron chi connectivity index (χ0n) is 25.1. The molecule has 12 heteroatoms. The fourth-order valence-corrected chi connectivity index (χ4v) is 7.11. The van der Waals surface area contributed by atoms with Gasteiger partial charge in [-0.25, -0.2) is 8.42 Å². The summed E-state index contributed by atoms with van der Waals surface area (Å²) in [5.41, 5.74) is 1.54. The van der Waals surface area contributed by atoms with E-state index in [-0.39, 0.29) is 30.6 Å². The number of carbonyl (C=O) groups is 2. The molecular weight excluding hydrogens is 637 g/mol. The lowest BCUT2D eigenvalue weighted by Gasteiger charge is -2.35. The second kappa shape index (κ2) is 14.7. The van der Waals surface area contributed by atoms with Crippen LogP contribution in [0.1, 0.15) is 43.2 Å². The summed E-state index contributed by atoms with van der Waals surface area (Å²) < 4.78 is 38.6. The molecule has 0 radical (unpaired) electrons. The molecule has 9 nitrogen and oxygen atoms in total. The molecule has 3 aromatic carbocycles. The number of hydrogen-bond donors (Lipinski definition) is 1. The molecule has 2 aliphatic rings. The standard InChI is InChI=1S/C33H37Cl2N3O6S/c1-45(41,42)38(25-15-16-30-31(20-25)44-18-17-43-30)22-32(39)37(21-26-27(34)13-8-14-28(26)35)29(19-23-9-4-2-5-10-23)33(40)36-24-11-6-3-7-12-24/h2,4-5,8-10,13-16,20,24,29H,3,6-7,11-12,17-19,21-22H2,1H3,(H,36,40)/t29-/m1/s1. The van der Waals surface area contributed by atoms with Gasteiger partial charge in [0.15, 0.2) is 11.5 Å². The summed E-state index contributed by atoms with van der Waals surface area (Å²) in [6.07, 6.45) is 6.12. The van der Waals surface area contributed by atoms with E-state index >= 15 is 0 Å². The first-order valence-corrected chi connectivity index (χ1v) is 17.6. The molecule has 240 valence electrons. The van der Waals surface area contributed by atoms with Gasteiger partial charge >= 0.3 is 0 Å². The summed E-state index contributed by atoms with van der Waals surface area (Å²) in [6, 6.07) is 18.2. The highest BCUT2D eigenvalue weighted by molar-refractivity contribution is 7.92. The molecule has 0 aromatic heterocycles. The van der Waals surface area contributed by atoms with Crippen molar-refractivity contribution in [1.29, 1.82) is 0 Å². The summed E-state index contributed by atoms with van der Waals surface area (Å²) >= 11 is 13.1. The number of nitrogens with zero attached hydrogens (tertiary/aromatic N) is 2. The van der Waals surface area contributed by atoms with Crippen LogP contribution in [-0.4, -0.2) is 63.2 Å². The van der Waals surface area contributed by atoms with E-state index in [0.717, 1.165) is 48.2 Å². The molecule has 5 rings (SSSR count). The van der Waals surface area contributed by atoms with Crippen molar-refractivity contribution < 1.29 is 27.5 Å². The van der Waals surface area contributed by atoms with E-state index in [9.17, 15) is 18.0 Å². The highest BCUT2D eigenvalue weighted by Crippen LogP contribution is 2.35.